The van der Waals surface area contributed by atoms with Gasteiger partial charge in [0.1, 0.15) is 5.75 Å². The molecule has 2 nitrogen and oxygen atoms in total. The summed E-state index contributed by atoms with van der Waals surface area (Å²) in [7, 11) is 0. The number of benzene rings is 2. The van der Waals surface area contributed by atoms with E-state index in [0.29, 0.717) is 10.6 Å². The molecular formula is C15H10ClNO. The van der Waals surface area contributed by atoms with Gasteiger partial charge >= 0.3 is 0 Å². The van der Waals surface area contributed by atoms with Crippen LogP contribution >= 0.6 is 11.6 Å². The maximum Gasteiger partial charge on any atom is 0.124 e. The molecule has 88 valence electrons. The first kappa shape index (κ1) is 11.1. The van der Waals surface area contributed by atoms with Gasteiger partial charge in [0.25, 0.3) is 0 Å². The standard InChI is InChI=1S/C15H10ClNO/c16-12-5-3-7-14(18)15(12)11-8-10-4-1-2-6-13(10)17-9-11/h1-9,18H. The number of nitrogens with zero attached hydrogens (tertiary/aromatic N) is 1. The van der Waals surface area contributed by atoms with Crippen molar-refractivity contribution in [3.05, 3.63) is 59.8 Å². The molecule has 0 aliphatic heterocycles. The number of pyridine rings is 1. The van der Waals surface area contributed by atoms with Gasteiger partial charge in [-0.15, -0.1) is 0 Å². The topological polar surface area (TPSA) is 33.1 Å². The van der Waals surface area contributed by atoms with E-state index < -0.39 is 0 Å². The van der Waals surface area contributed by atoms with Crippen LogP contribution < -0.4 is 0 Å². The van der Waals surface area contributed by atoms with E-state index in [4.69, 9.17) is 11.6 Å². The van der Waals surface area contributed by atoms with Crippen LogP contribution in [0, 0.1) is 0 Å². The van der Waals surface area contributed by atoms with E-state index in [-0.39, 0.29) is 5.75 Å². The minimum absolute atomic E-state index is 0.166. The van der Waals surface area contributed by atoms with Gasteiger partial charge in [-0.2, -0.15) is 0 Å². The minimum atomic E-state index is 0.166. The van der Waals surface area contributed by atoms with Gasteiger partial charge in [0.15, 0.2) is 0 Å². The molecule has 0 aliphatic carbocycles. The highest BCUT2D eigenvalue weighted by molar-refractivity contribution is 6.33. The summed E-state index contributed by atoms with van der Waals surface area (Å²) in [5.74, 6) is 0.166. The first-order valence-corrected chi connectivity index (χ1v) is 5.96. The lowest BCUT2D eigenvalue weighted by molar-refractivity contribution is 0.477. The average Bonchev–Trinajstić information content (AvgIpc) is 2.38. The Balaban J connectivity index is 2.26. The van der Waals surface area contributed by atoms with Gasteiger partial charge in [0.2, 0.25) is 0 Å². The summed E-state index contributed by atoms with van der Waals surface area (Å²) in [4.78, 5) is 4.37. The molecule has 0 fully saturated rings. The molecule has 0 unspecified atom stereocenters. The smallest absolute Gasteiger partial charge is 0.124 e. The largest absolute Gasteiger partial charge is 0.507 e. The third-order valence-electron chi connectivity index (χ3n) is 2.87. The molecule has 1 aromatic heterocycles. The van der Waals surface area contributed by atoms with Crippen LogP contribution in [0.4, 0.5) is 0 Å². The summed E-state index contributed by atoms with van der Waals surface area (Å²) < 4.78 is 0. The van der Waals surface area contributed by atoms with Crippen LogP contribution in [0.3, 0.4) is 0 Å². The van der Waals surface area contributed by atoms with Gasteiger partial charge in [-0.1, -0.05) is 35.9 Å². The number of phenolic OH excluding ortho intramolecular Hbond substituents is 1. The lowest BCUT2D eigenvalue weighted by Crippen LogP contribution is -1.84. The Morgan fingerprint density at radius 1 is 1.00 bits per heavy atom. The molecular weight excluding hydrogens is 246 g/mol. The minimum Gasteiger partial charge on any atom is -0.507 e. The zero-order valence-corrected chi connectivity index (χ0v) is 10.2. The maximum atomic E-state index is 9.90. The van der Waals surface area contributed by atoms with Gasteiger partial charge in [0, 0.05) is 22.7 Å². The highest BCUT2D eigenvalue weighted by atomic mass is 35.5. The summed E-state index contributed by atoms with van der Waals surface area (Å²) in [6.07, 6.45) is 1.73. The number of para-hydroxylation sites is 1. The molecule has 0 amide bonds. The van der Waals surface area contributed by atoms with E-state index >= 15 is 0 Å². The predicted molar refractivity (Wildman–Crippen MR) is 73.9 cm³/mol. The molecule has 1 N–H and O–H groups in total. The lowest BCUT2D eigenvalue weighted by atomic mass is 10.0. The monoisotopic (exact) mass is 255 g/mol. The van der Waals surface area contributed by atoms with Crippen LogP contribution in [0.5, 0.6) is 5.75 Å². The zero-order chi connectivity index (χ0) is 12.5. The molecule has 0 saturated carbocycles. The number of phenols is 1. The Bertz CT molecular complexity index is 704. The molecule has 0 saturated heterocycles. The summed E-state index contributed by atoms with van der Waals surface area (Å²) in [5, 5.41) is 11.4. The van der Waals surface area contributed by atoms with Gasteiger partial charge in [0.05, 0.1) is 10.5 Å². The molecule has 0 spiro atoms. The second-order valence-corrected chi connectivity index (χ2v) is 4.46. The quantitative estimate of drug-likeness (QED) is 0.705. The van der Waals surface area contributed by atoms with E-state index in [9.17, 15) is 5.11 Å². The van der Waals surface area contributed by atoms with Crippen LogP contribution in [0.1, 0.15) is 0 Å². The van der Waals surface area contributed by atoms with Gasteiger partial charge in [-0.05, 0) is 24.3 Å². The zero-order valence-electron chi connectivity index (χ0n) is 9.47. The number of hydrogen-bond donors (Lipinski definition) is 1. The molecule has 0 bridgehead atoms. The van der Waals surface area contributed by atoms with E-state index in [1.165, 1.54) is 0 Å². The second-order valence-electron chi connectivity index (χ2n) is 4.05. The highest BCUT2D eigenvalue weighted by Crippen LogP contribution is 2.36. The Morgan fingerprint density at radius 2 is 1.83 bits per heavy atom. The van der Waals surface area contributed by atoms with Crippen LogP contribution in [0.15, 0.2) is 54.7 Å². The summed E-state index contributed by atoms with van der Waals surface area (Å²) in [5.41, 5.74) is 2.36. The van der Waals surface area contributed by atoms with Crippen molar-refractivity contribution in [3.8, 4) is 16.9 Å². The number of aromatic hydroxyl groups is 1. The van der Waals surface area contributed by atoms with Crippen molar-refractivity contribution in [1.82, 2.24) is 4.98 Å². The van der Waals surface area contributed by atoms with E-state index in [1.54, 1.807) is 24.4 Å². The van der Waals surface area contributed by atoms with Crippen LogP contribution in [-0.2, 0) is 0 Å². The predicted octanol–water partition coefficient (Wildman–Crippen LogP) is 4.26. The molecule has 3 aromatic rings. The summed E-state index contributed by atoms with van der Waals surface area (Å²) in [6, 6.07) is 14.9. The normalized spacial score (nSPS) is 10.7. The van der Waals surface area contributed by atoms with Gasteiger partial charge in [-0.25, -0.2) is 0 Å². The van der Waals surface area contributed by atoms with Crippen molar-refractivity contribution in [2.24, 2.45) is 0 Å². The summed E-state index contributed by atoms with van der Waals surface area (Å²) in [6.45, 7) is 0. The van der Waals surface area contributed by atoms with Crippen LogP contribution in [0.25, 0.3) is 22.0 Å². The SMILES string of the molecule is Oc1cccc(Cl)c1-c1cnc2ccccc2c1. The van der Waals surface area contributed by atoms with Crippen molar-refractivity contribution in [3.63, 3.8) is 0 Å². The maximum absolute atomic E-state index is 9.90. The molecule has 3 heteroatoms. The number of rotatable bonds is 1. The highest BCUT2D eigenvalue weighted by Gasteiger charge is 2.09. The second kappa shape index (κ2) is 4.31. The van der Waals surface area contributed by atoms with E-state index in [0.717, 1.165) is 16.5 Å². The van der Waals surface area contributed by atoms with Crippen molar-refractivity contribution in [1.29, 1.82) is 0 Å². The molecule has 0 radical (unpaired) electrons. The molecule has 0 atom stereocenters. The van der Waals surface area contributed by atoms with E-state index in [2.05, 4.69) is 4.98 Å². The van der Waals surface area contributed by atoms with Crippen LogP contribution in [0.2, 0.25) is 5.02 Å². The van der Waals surface area contributed by atoms with Gasteiger partial charge < -0.3 is 5.11 Å². The van der Waals surface area contributed by atoms with Crippen molar-refractivity contribution in [2.45, 2.75) is 0 Å². The number of halogens is 1. The number of hydrogen-bond acceptors (Lipinski definition) is 2. The first-order valence-electron chi connectivity index (χ1n) is 5.58. The fourth-order valence-corrected chi connectivity index (χ4v) is 2.28. The third-order valence-corrected chi connectivity index (χ3v) is 3.19. The Labute approximate surface area is 109 Å². The van der Waals surface area contributed by atoms with Gasteiger partial charge in [-0.3, -0.25) is 4.98 Å². The fourth-order valence-electron chi connectivity index (χ4n) is 2.01. The van der Waals surface area contributed by atoms with Crippen molar-refractivity contribution >= 4 is 22.5 Å². The lowest BCUT2D eigenvalue weighted by Gasteiger charge is -2.07. The average molecular weight is 256 g/mol. The summed E-state index contributed by atoms with van der Waals surface area (Å²) >= 11 is 6.13. The first-order chi connectivity index (χ1) is 8.75. The Hall–Kier alpha value is -2.06. The van der Waals surface area contributed by atoms with Crippen LogP contribution in [-0.4, -0.2) is 10.1 Å². The van der Waals surface area contributed by atoms with Crippen molar-refractivity contribution < 1.29 is 5.11 Å². The van der Waals surface area contributed by atoms with Crippen molar-refractivity contribution in [2.75, 3.05) is 0 Å². The molecule has 3 rings (SSSR count). The molecule has 1 heterocycles. The Morgan fingerprint density at radius 3 is 2.67 bits per heavy atom. The molecule has 0 aliphatic rings. The fraction of sp³-hybridized carbons (Fsp3) is 0. The number of aromatic nitrogens is 1. The molecule has 2 aromatic carbocycles. The molecule has 18 heavy (non-hydrogen) atoms. The van der Waals surface area contributed by atoms with E-state index in [1.807, 2.05) is 30.3 Å². The Kier molecular flexibility index (Phi) is 2.65. The number of fused-ring (bicyclic) bond motifs is 1. The third kappa shape index (κ3) is 1.81.